The van der Waals surface area contributed by atoms with Crippen LogP contribution in [0.15, 0.2) is 22.8 Å². The van der Waals surface area contributed by atoms with Crippen LogP contribution >= 0.6 is 15.9 Å². The van der Waals surface area contributed by atoms with Crippen molar-refractivity contribution < 1.29 is 14.3 Å². The quantitative estimate of drug-likeness (QED) is 0.760. The van der Waals surface area contributed by atoms with Crippen LogP contribution in [0, 0.1) is 0 Å². The lowest BCUT2D eigenvalue weighted by molar-refractivity contribution is -0.142. The first-order chi connectivity index (χ1) is 9.60. The van der Waals surface area contributed by atoms with Gasteiger partial charge < -0.3 is 9.64 Å². The van der Waals surface area contributed by atoms with E-state index in [9.17, 15) is 9.59 Å². The molecule has 1 aromatic rings. The molecule has 0 aliphatic carbocycles. The topological polar surface area (TPSA) is 62.7 Å². The third-order valence-electron chi connectivity index (χ3n) is 3.19. The fourth-order valence-corrected chi connectivity index (χ4v) is 2.26. The summed E-state index contributed by atoms with van der Waals surface area (Å²) in [5, 5.41) is 0. The van der Waals surface area contributed by atoms with Crippen molar-refractivity contribution in [1.29, 1.82) is 0 Å². The van der Waals surface area contributed by atoms with Gasteiger partial charge in [-0.2, -0.15) is 0 Å². The molecule has 2 heterocycles. The van der Waals surface area contributed by atoms with Crippen molar-refractivity contribution in [1.82, 2.24) is 14.8 Å². The summed E-state index contributed by atoms with van der Waals surface area (Å²) in [7, 11) is 1.38. The van der Waals surface area contributed by atoms with E-state index < -0.39 is 0 Å². The molecule has 7 heteroatoms. The van der Waals surface area contributed by atoms with E-state index in [1.54, 1.807) is 23.2 Å². The lowest BCUT2D eigenvalue weighted by Crippen LogP contribution is -2.50. The molecule has 0 spiro atoms. The van der Waals surface area contributed by atoms with Gasteiger partial charge in [-0.05, 0) is 28.1 Å². The number of aromatic nitrogens is 1. The first-order valence-electron chi connectivity index (χ1n) is 6.30. The van der Waals surface area contributed by atoms with E-state index in [1.165, 1.54) is 7.11 Å². The van der Waals surface area contributed by atoms with Gasteiger partial charge in [0.25, 0.3) is 5.91 Å². The molecule has 0 N–H and O–H groups in total. The Morgan fingerprint density at radius 2 is 2.00 bits per heavy atom. The molecule has 1 aromatic heterocycles. The number of nitrogens with zero attached hydrogens (tertiary/aromatic N) is 3. The van der Waals surface area contributed by atoms with E-state index in [1.807, 2.05) is 4.90 Å². The molecular weight excluding hydrogens is 326 g/mol. The van der Waals surface area contributed by atoms with Crippen LogP contribution in [-0.4, -0.2) is 66.5 Å². The standard InChI is InChI=1S/C13H16BrN3O3/c1-20-12(18)9-16-4-6-17(7-5-16)13(19)11-3-2-10(14)8-15-11/h2-3,8H,4-7,9H2,1H3. The second kappa shape index (κ2) is 6.81. The molecule has 0 bridgehead atoms. The van der Waals surface area contributed by atoms with Gasteiger partial charge in [0, 0.05) is 36.8 Å². The van der Waals surface area contributed by atoms with Crippen molar-refractivity contribution in [2.24, 2.45) is 0 Å². The summed E-state index contributed by atoms with van der Waals surface area (Å²) < 4.78 is 5.48. The van der Waals surface area contributed by atoms with E-state index in [0.717, 1.165) is 4.47 Å². The van der Waals surface area contributed by atoms with Gasteiger partial charge in [-0.3, -0.25) is 14.5 Å². The molecule has 6 nitrogen and oxygen atoms in total. The van der Waals surface area contributed by atoms with Gasteiger partial charge in [-0.1, -0.05) is 0 Å². The lowest BCUT2D eigenvalue weighted by atomic mass is 10.2. The first kappa shape index (κ1) is 14.9. The molecular formula is C13H16BrN3O3. The minimum Gasteiger partial charge on any atom is -0.468 e. The van der Waals surface area contributed by atoms with Crippen LogP contribution < -0.4 is 0 Å². The van der Waals surface area contributed by atoms with Gasteiger partial charge in [0.15, 0.2) is 0 Å². The highest BCUT2D eigenvalue weighted by Crippen LogP contribution is 2.11. The molecule has 0 unspecified atom stereocenters. The highest BCUT2D eigenvalue weighted by Gasteiger charge is 2.23. The lowest BCUT2D eigenvalue weighted by Gasteiger charge is -2.33. The fourth-order valence-electron chi connectivity index (χ4n) is 2.02. The minimum atomic E-state index is -0.251. The number of carbonyl (C=O) groups is 2. The average Bonchev–Trinajstić information content (AvgIpc) is 2.48. The van der Waals surface area contributed by atoms with E-state index in [4.69, 9.17) is 0 Å². The van der Waals surface area contributed by atoms with Gasteiger partial charge in [-0.25, -0.2) is 4.98 Å². The molecule has 0 radical (unpaired) electrons. The largest absolute Gasteiger partial charge is 0.468 e. The number of amides is 1. The molecule has 1 amide bonds. The third kappa shape index (κ3) is 3.77. The van der Waals surface area contributed by atoms with Crippen LogP contribution in [0.3, 0.4) is 0 Å². The molecule has 20 heavy (non-hydrogen) atoms. The number of ether oxygens (including phenoxy) is 1. The van der Waals surface area contributed by atoms with E-state index >= 15 is 0 Å². The molecule has 1 saturated heterocycles. The number of esters is 1. The number of hydrogen-bond acceptors (Lipinski definition) is 5. The summed E-state index contributed by atoms with van der Waals surface area (Å²) in [6.07, 6.45) is 1.61. The smallest absolute Gasteiger partial charge is 0.319 e. The molecule has 108 valence electrons. The Morgan fingerprint density at radius 3 is 2.55 bits per heavy atom. The van der Waals surface area contributed by atoms with E-state index in [2.05, 4.69) is 25.7 Å². The SMILES string of the molecule is COC(=O)CN1CCN(C(=O)c2ccc(Br)cn2)CC1. The predicted molar refractivity (Wildman–Crippen MR) is 76.3 cm³/mol. The molecule has 1 aliphatic rings. The van der Waals surface area contributed by atoms with Crippen LogP contribution in [0.1, 0.15) is 10.5 Å². The van der Waals surface area contributed by atoms with Gasteiger partial charge in [0.2, 0.25) is 0 Å². The van der Waals surface area contributed by atoms with Crippen molar-refractivity contribution in [2.75, 3.05) is 39.8 Å². The van der Waals surface area contributed by atoms with Crippen molar-refractivity contribution in [3.63, 3.8) is 0 Å². The van der Waals surface area contributed by atoms with Crippen molar-refractivity contribution in [3.8, 4) is 0 Å². The van der Waals surface area contributed by atoms with Gasteiger partial charge in [-0.15, -0.1) is 0 Å². The number of piperazine rings is 1. The van der Waals surface area contributed by atoms with E-state index in [-0.39, 0.29) is 18.4 Å². The van der Waals surface area contributed by atoms with Gasteiger partial charge in [0.05, 0.1) is 13.7 Å². The normalized spacial score (nSPS) is 16.0. The summed E-state index contributed by atoms with van der Waals surface area (Å²) in [4.78, 5) is 31.3. The zero-order valence-corrected chi connectivity index (χ0v) is 12.8. The number of hydrogen-bond donors (Lipinski definition) is 0. The number of halogens is 1. The van der Waals surface area contributed by atoms with Gasteiger partial charge in [0.1, 0.15) is 5.69 Å². The Kier molecular flexibility index (Phi) is 5.08. The number of carbonyl (C=O) groups excluding carboxylic acids is 2. The Morgan fingerprint density at radius 1 is 1.30 bits per heavy atom. The van der Waals surface area contributed by atoms with Gasteiger partial charge >= 0.3 is 5.97 Å². The summed E-state index contributed by atoms with van der Waals surface area (Å²) in [6.45, 7) is 2.78. The minimum absolute atomic E-state index is 0.0739. The maximum atomic E-state index is 12.2. The second-order valence-corrected chi connectivity index (χ2v) is 5.42. The zero-order chi connectivity index (χ0) is 14.5. The molecule has 1 aliphatic heterocycles. The van der Waals surface area contributed by atoms with Crippen molar-refractivity contribution in [3.05, 3.63) is 28.5 Å². The summed E-state index contributed by atoms with van der Waals surface area (Å²) in [5.74, 6) is -0.324. The van der Waals surface area contributed by atoms with Crippen LogP contribution in [0.5, 0.6) is 0 Å². The first-order valence-corrected chi connectivity index (χ1v) is 7.09. The molecule has 0 atom stereocenters. The molecule has 0 aromatic carbocycles. The summed E-state index contributed by atoms with van der Waals surface area (Å²) >= 11 is 3.29. The van der Waals surface area contributed by atoms with Crippen molar-refractivity contribution in [2.45, 2.75) is 0 Å². The maximum absolute atomic E-state index is 12.2. The Labute approximate surface area is 125 Å². The Balaban J connectivity index is 1.88. The Bertz CT molecular complexity index is 484. The highest BCUT2D eigenvalue weighted by atomic mass is 79.9. The zero-order valence-electron chi connectivity index (χ0n) is 11.2. The van der Waals surface area contributed by atoms with Crippen molar-refractivity contribution >= 4 is 27.8 Å². The monoisotopic (exact) mass is 341 g/mol. The van der Waals surface area contributed by atoms with Crippen LogP contribution in [-0.2, 0) is 9.53 Å². The number of rotatable bonds is 3. The summed E-state index contributed by atoms with van der Waals surface area (Å²) in [5.41, 5.74) is 0.439. The van der Waals surface area contributed by atoms with E-state index in [0.29, 0.717) is 31.9 Å². The second-order valence-electron chi connectivity index (χ2n) is 4.51. The predicted octanol–water partition coefficient (Wildman–Crippen LogP) is 0.775. The van der Waals surface area contributed by atoms with Crippen LogP contribution in [0.4, 0.5) is 0 Å². The summed E-state index contributed by atoms with van der Waals surface area (Å²) in [6, 6.07) is 3.50. The van der Waals surface area contributed by atoms with Crippen LogP contribution in [0.2, 0.25) is 0 Å². The molecule has 0 saturated carbocycles. The average molecular weight is 342 g/mol. The highest BCUT2D eigenvalue weighted by molar-refractivity contribution is 9.10. The Hall–Kier alpha value is -1.47. The third-order valence-corrected chi connectivity index (χ3v) is 3.66. The number of methoxy groups -OCH3 is 1. The fraction of sp³-hybridized carbons (Fsp3) is 0.462. The maximum Gasteiger partial charge on any atom is 0.319 e. The van der Waals surface area contributed by atoms with Crippen LogP contribution in [0.25, 0.3) is 0 Å². The molecule has 1 fully saturated rings. The number of pyridine rings is 1. The molecule has 2 rings (SSSR count).